The van der Waals surface area contributed by atoms with Crippen molar-refractivity contribution in [1.82, 2.24) is 5.01 Å². The van der Waals surface area contributed by atoms with Crippen LogP contribution in [-0.4, -0.2) is 27.0 Å². The Morgan fingerprint density at radius 2 is 2.04 bits per heavy atom. The van der Waals surface area contributed by atoms with Gasteiger partial charge in [-0.25, -0.2) is 0 Å². The number of hydrogen-bond donors (Lipinski definition) is 1. The number of aliphatic imine (C=N–C) groups is 1. The lowest BCUT2D eigenvalue weighted by molar-refractivity contribution is -0.114. The molecule has 5 nitrogen and oxygen atoms in total. The second-order valence-corrected chi connectivity index (χ2v) is 7.84. The van der Waals surface area contributed by atoms with E-state index in [0.29, 0.717) is 11.6 Å². The molecule has 2 aromatic rings. The maximum atomic E-state index is 12.2. The maximum Gasteiger partial charge on any atom is 0.283 e. The topological polar surface area (TPSA) is 68.9 Å². The highest BCUT2D eigenvalue weighted by molar-refractivity contribution is 8.27. The molecule has 0 bridgehead atoms. The van der Waals surface area contributed by atoms with E-state index in [4.69, 9.17) is 5.41 Å². The molecule has 0 radical (unpaired) electrons. The van der Waals surface area contributed by atoms with Gasteiger partial charge >= 0.3 is 0 Å². The molecule has 2 aliphatic rings. The summed E-state index contributed by atoms with van der Waals surface area (Å²) in [6.07, 6.45) is 2.40. The highest BCUT2D eigenvalue weighted by Gasteiger charge is 2.35. The second-order valence-electron chi connectivity index (χ2n) is 4.79. The molecule has 2 aliphatic heterocycles. The summed E-state index contributed by atoms with van der Waals surface area (Å²) in [5, 5.41) is 19.5. The van der Waals surface area contributed by atoms with Crippen molar-refractivity contribution in [2.75, 3.05) is 0 Å². The first-order valence-corrected chi connectivity index (χ1v) is 9.33. The molecular weight excluding hydrogens is 348 g/mol. The largest absolute Gasteiger partial charge is 0.283 e. The maximum absolute atomic E-state index is 12.2. The molecule has 114 valence electrons. The molecule has 0 atom stereocenters. The van der Waals surface area contributed by atoms with Crippen LogP contribution in [0, 0.1) is 5.41 Å². The standard InChI is InChI=1S/C15H10N4OS3/c16-13-11(7-9-3-1-5-21-9)14(20)17-15-19(13)18-12(23-15)8-10-4-2-6-22-10/h1-7,16H,8H2. The van der Waals surface area contributed by atoms with Gasteiger partial charge in [0.05, 0.1) is 5.57 Å². The smallest absolute Gasteiger partial charge is 0.282 e. The minimum atomic E-state index is -0.380. The molecule has 1 N–H and O–H groups in total. The van der Waals surface area contributed by atoms with Gasteiger partial charge < -0.3 is 0 Å². The van der Waals surface area contributed by atoms with Crippen LogP contribution >= 0.6 is 34.4 Å². The number of hydrazone groups is 1. The highest BCUT2D eigenvalue weighted by atomic mass is 32.2. The average molecular weight is 358 g/mol. The van der Waals surface area contributed by atoms with Crippen LogP contribution in [0.15, 0.2) is 50.7 Å². The summed E-state index contributed by atoms with van der Waals surface area (Å²) in [4.78, 5) is 18.4. The average Bonchev–Trinajstić information content (AvgIpc) is 3.25. The van der Waals surface area contributed by atoms with E-state index < -0.39 is 0 Å². The van der Waals surface area contributed by atoms with E-state index in [1.807, 2.05) is 35.0 Å². The second kappa shape index (κ2) is 5.88. The van der Waals surface area contributed by atoms with Crippen LogP contribution in [0.5, 0.6) is 0 Å². The Morgan fingerprint density at radius 1 is 1.22 bits per heavy atom. The molecule has 4 rings (SSSR count). The monoisotopic (exact) mass is 358 g/mol. The Labute approximate surface area is 144 Å². The summed E-state index contributed by atoms with van der Waals surface area (Å²) in [6.45, 7) is 0. The quantitative estimate of drug-likeness (QED) is 0.851. The first-order valence-electron chi connectivity index (χ1n) is 6.76. The Bertz CT molecular complexity index is 863. The van der Waals surface area contributed by atoms with Crippen molar-refractivity contribution in [2.45, 2.75) is 6.42 Å². The number of rotatable bonds is 3. The van der Waals surface area contributed by atoms with Gasteiger partial charge in [-0.2, -0.15) is 15.1 Å². The highest BCUT2D eigenvalue weighted by Crippen LogP contribution is 2.30. The molecule has 23 heavy (non-hydrogen) atoms. The van der Waals surface area contributed by atoms with Crippen LogP contribution in [0.1, 0.15) is 9.75 Å². The molecule has 0 unspecified atom stereocenters. The third kappa shape index (κ3) is 2.80. The van der Waals surface area contributed by atoms with Gasteiger partial charge in [0.25, 0.3) is 5.91 Å². The van der Waals surface area contributed by atoms with Crippen molar-refractivity contribution in [1.29, 1.82) is 5.41 Å². The summed E-state index contributed by atoms with van der Waals surface area (Å²) < 4.78 is 0. The fourth-order valence-electron chi connectivity index (χ4n) is 2.18. The number of amidine groups is 2. The summed E-state index contributed by atoms with van der Waals surface area (Å²) in [7, 11) is 0. The number of thioether (sulfide) groups is 1. The van der Waals surface area contributed by atoms with Crippen LogP contribution in [-0.2, 0) is 11.2 Å². The predicted molar refractivity (Wildman–Crippen MR) is 97.4 cm³/mol. The van der Waals surface area contributed by atoms with Crippen molar-refractivity contribution in [2.24, 2.45) is 10.1 Å². The Kier molecular flexibility index (Phi) is 3.72. The Balaban J connectivity index is 1.63. The first kappa shape index (κ1) is 14.6. The molecule has 0 saturated carbocycles. The minimum absolute atomic E-state index is 0.0853. The Hall–Kier alpha value is -2.03. The molecule has 8 heteroatoms. The SMILES string of the molecule is N=C1C(=Cc2cccs2)C(=O)N=C2SC(Cc3cccs3)=NN12. The molecule has 4 heterocycles. The van der Waals surface area contributed by atoms with E-state index in [1.165, 1.54) is 33.0 Å². The summed E-state index contributed by atoms with van der Waals surface area (Å²) in [6, 6.07) is 7.86. The van der Waals surface area contributed by atoms with Crippen molar-refractivity contribution >= 4 is 62.5 Å². The van der Waals surface area contributed by atoms with Crippen molar-refractivity contribution in [3.05, 3.63) is 50.4 Å². The van der Waals surface area contributed by atoms with Gasteiger partial charge in [0, 0.05) is 16.2 Å². The first-order chi connectivity index (χ1) is 11.2. The number of nitrogens with one attached hydrogen (secondary N) is 1. The molecule has 0 aliphatic carbocycles. The molecular formula is C15H10N4OS3. The van der Waals surface area contributed by atoms with Crippen molar-refractivity contribution in [3.8, 4) is 0 Å². The number of nitrogens with zero attached hydrogens (tertiary/aromatic N) is 3. The van der Waals surface area contributed by atoms with Crippen LogP contribution in [0.2, 0.25) is 0 Å². The molecule has 1 amide bonds. The molecule has 0 spiro atoms. The fraction of sp³-hybridized carbons (Fsp3) is 0.0667. The van der Waals surface area contributed by atoms with E-state index in [1.54, 1.807) is 17.4 Å². The third-order valence-corrected chi connectivity index (χ3v) is 5.84. The van der Waals surface area contributed by atoms with Gasteiger partial charge in [0.15, 0.2) is 5.84 Å². The third-order valence-electron chi connectivity index (χ3n) is 3.23. The fourth-order valence-corrected chi connectivity index (χ4v) is 4.55. The molecule has 0 saturated heterocycles. The van der Waals surface area contributed by atoms with Gasteiger partial charge in [0.1, 0.15) is 5.04 Å². The molecule has 0 fully saturated rings. The lowest BCUT2D eigenvalue weighted by Gasteiger charge is -2.19. The van der Waals surface area contributed by atoms with Crippen molar-refractivity contribution in [3.63, 3.8) is 0 Å². The number of thiophene rings is 2. The van der Waals surface area contributed by atoms with Crippen LogP contribution < -0.4 is 0 Å². The lowest BCUT2D eigenvalue weighted by atomic mass is 10.1. The zero-order valence-electron chi connectivity index (χ0n) is 11.7. The van der Waals surface area contributed by atoms with Gasteiger partial charge in [0.2, 0.25) is 5.17 Å². The Morgan fingerprint density at radius 3 is 2.78 bits per heavy atom. The number of hydrogen-bond acceptors (Lipinski definition) is 6. The minimum Gasteiger partial charge on any atom is -0.282 e. The van der Waals surface area contributed by atoms with E-state index in [9.17, 15) is 4.79 Å². The van der Waals surface area contributed by atoms with Gasteiger partial charge in [-0.3, -0.25) is 10.2 Å². The van der Waals surface area contributed by atoms with Gasteiger partial charge in [-0.05, 0) is 40.7 Å². The zero-order valence-corrected chi connectivity index (χ0v) is 14.2. The number of amides is 1. The lowest BCUT2D eigenvalue weighted by Crippen LogP contribution is -2.35. The molecule has 2 aromatic heterocycles. The molecule has 0 aromatic carbocycles. The predicted octanol–water partition coefficient (Wildman–Crippen LogP) is 3.67. The number of fused-ring (bicyclic) bond motifs is 1. The summed E-state index contributed by atoms with van der Waals surface area (Å²) in [5.41, 5.74) is 0.276. The van der Waals surface area contributed by atoms with Crippen molar-refractivity contribution < 1.29 is 4.79 Å². The van der Waals surface area contributed by atoms with Gasteiger partial charge in [-0.15, -0.1) is 22.7 Å². The number of carbonyl (C=O) groups is 1. The van der Waals surface area contributed by atoms with E-state index in [0.717, 1.165) is 9.92 Å². The van der Waals surface area contributed by atoms with E-state index in [-0.39, 0.29) is 17.3 Å². The van der Waals surface area contributed by atoms with E-state index >= 15 is 0 Å². The normalized spacial score (nSPS) is 19.1. The van der Waals surface area contributed by atoms with E-state index in [2.05, 4.69) is 10.1 Å². The summed E-state index contributed by atoms with van der Waals surface area (Å²) >= 11 is 4.54. The van der Waals surface area contributed by atoms with Crippen LogP contribution in [0.3, 0.4) is 0 Å². The number of carbonyl (C=O) groups excluding carboxylic acids is 1. The zero-order chi connectivity index (χ0) is 15.8. The van der Waals surface area contributed by atoms with Crippen LogP contribution in [0.4, 0.5) is 0 Å². The summed E-state index contributed by atoms with van der Waals surface area (Å²) in [5.74, 6) is -0.295. The van der Waals surface area contributed by atoms with Crippen LogP contribution in [0.25, 0.3) is 6.08 Å². The van der Waals surface area contributed by atoms with Gasteiger partial charge in [-0.1, -0.05) is 12.1 Å².